The van der Waals surface area contributed by atoms with Crippen LogP contribution in [0.15, 0.2) is 24.3 Å². The number of hydrogen-bond donors (Lipinski definition) is 2. The van der Waals surface area contributed by atoms with Crippen molar-refractivity contribution in [1.29, 1.82) is 0 Å². The monoisotopic (exact) mass is 286 g/mol. The highest BCUT2D eigenvalue weighted by Gasteiger charge is 2.25. The second kappa shape index (κ2) is 7.28. The van der Waals surface area contributed by atoms with Gasteiger partial charge in [0.2, 0.25) is 5.06 Å². The minimum atomic E-state index is -0.674. The zero-order valence-electron chi connectivity index (χ0n) is 11.2. The molecule has 0 aliphatic heterocycles. The van der Waals surface area contributed by atoms with Crippen LogP contribution in [0.3, 0.4) is 0 Å². The van der Waals surface area contributed by atoms with Crippen LogP contribution in [0.4, 0.5) is 0 Å². The highest BCUT2D eigenvalue weighted by atomic mass is 33.1. The Kier molecular flexibility index (Phi) is 6.35. The molecule has 0 fully saturated rings. The van der Waals surface area contributed by atoms with E-state index < -0.39 is 5.06 Å². The van der Waals surface area contributed by atoms with Gasteiger partial charge in [0.25, 0.3) is 0 Å². The van der Waals surface area contributed by atoms with Crippen LogP contribution in [-0.2, 0) is 6.42 Å². The Balaban J connectivity index is 2.77. The van der Waals surface area contributed by atoms with Crippen LogP contribution in [0, 0.1) is 0 Å². The average Bonchev–Trinajstić information content (AvgIpc) is 2.28. The van der Waals surface area contributed by atoms with E-state index >= 15 is 0 Å². The van der Waals surface area contributed by atoms with E-state index in [0.29, 0.717) is 0 Å². The first-order chi connectivity index (χ1) is 8.49. The fourth-order valence-corrected chi connectivity index (χ4v) is 3.43. The quantitative estimate of drug-likeness (QED) is 0.596. The zero-order chi connectivity index (χ0) is 13.6. The molecule has 0 saturated heterocycles. The maximum Gasteiger partial charge on any atom is 0.216 e. The number of rotatable bonds is 7. The van der Waals surface area contributed by atoms with E-state index in [0.717, 1.165) is 18.6 Å². The first-order valence-electron chi connectivity index (χ1n) is 6.03. The second-order valence-electron chi connectivity index (χ2n) is 4.35. The lowest BCUT2D eigenvalue weighted by molar-refractivity contribution is 0.170. The number of nitrogens with two attached hydrogens (primary N) is 2. The minimum Gasteiger partial charge on any atom is -0.463 e. The van der Waals surface area contributed by atoms with Crippen LogP contribution >= 0.6 is 21.6 Å². The summed E-state index contributed by atoms with van der Waals surface area (Å²) in [7, 11) is 3.15. The Hall–Kier alpha value is -0.360. The number of ether oxygens (including phenoxy) is 1. The van der Waals surface area contributed by atoms with Gasteiger partial charge in [-0.05, 0) is 48.1 Å². The topological polar surface area (TPSA) is 61.3 Å². The van der Waals surface area contributed by atoms with E-state index in [1.165, 1.54) is 5.56 Å². The SMILES string of the molecule is CCC(N)(Oc1cccc(CC(C)N)c1)SSC. The summed E-state index contributed by atoms with van der Waals surface area (Å²) in [5.74, 6) is 0.805. The summed E-state index contributed by atoms with van der Waals surface area (Å²) in [6.45, 7) is 4.02. The second-order valence-corrected chi connectivity index (χ2v) is 7.04. The van der Waals surface area contributed by atoms with E-state index in [-0.39, 0.29) is 6.04 Å². The van der Waals surface area contributed by atoms with Crippen molar-refractivity contribution in [3.63, 3.8) is 0 Å². The molecule has 102 valence electrons. The molecular formula is C13H22N2OS2. The molecule has 3 nitrogen and oxygen atoms in total. The molecule has 0 heterocycles. The smallest absolute Gasteiger partial charge is 0.216 e. The van der Waals surface area contributed by atoms with Crippen LogP contribution in [0.5, 0.6) is 5.75 Å². The molecule has 2 atom stereocenters. The van der Waals surface area contributed by atoms with Gasteiger partial charge in [-0.25, -0.2) is 0 Å². The van der Waals surface area contributed by atoms with Crippen LogP contribution in [0.1, 0.15) is 25.8 Å². The molecule has 1 aromatic rings. The molecule has 18 heavy (non-hydrogen) atoms. The molecule has 5 heteroatoms. The molecule has 0 radical (unpaired) electrons. The molecule has 1 aromatic carbocycles. The molecule has 0 aliphatic carbocycles. The predicted molar refractivity (Wildman–Crippen MR) is 82.7 cm³/mol. The van der Waals surface area contributed by atoms with E-state index in [2.05, 4.69) is 6.07 Å². The summed E-state index contributed by atoms with van der Waals surface area (Å²) in [5, 5.41) is -0.674. The molecule has 0 aromatic heterocycles. The first-order valence-corrected chi connectivity index (χ1v) is 8.59. The predicted octanol–water partition coefficient (Wildman–Crippen LogP) is 2.99. The van der Waals surface area contributed by atoms with Crippen molar-refractivity contribution >= 4 is 21.6 Å². The Morgan fingerprint density at radius 2 is 2.17 bits per heavy atom. The normalized spacial score (nSPS) is 16.1. The van der Waals surface area contributed by atoms with Crippen LogP contribution in [0.2, 0.25) is 0 Å². The van der Waals surface area contributed by atoms with Gasteiger partial charge >= 0.3 is 0 Å². The fraction of sp³-hybridized carbons (Fsp3) is 0.538. The van der Waals surface area contributed by atoms with Crippen LogP contribution < -0.4 is 16.2 Å². The number of hydrogen-bond acceptors (Lipinski definition) is 5. The molecular weight excluding hydrogens is 264 g/mol. The van der Waals surface area contributed by atoms with E-state index in [1.54, 1.807) is 21.6 Å². The lowest BCUT2D eigenvalue weighted by Gasteiger charge is -2.27. The van der Waals surface area contributed by atoms with Gasteiger partial charge in [0.1, 0.15) is 5.75 Å². The van der Waals surface area contributed by atoms with Crippen molar-refractivity contribution in [2.45, 2.75) is 37.8 Å². The Morgan fingerprint density at radius 3 is 2.72 bits per heavy atom. The van der Waals surface area contributed by atoms with Crippen molar-refractivity contribution in [2.75, 3.05) is 6.26 Å². The summed E-state index contributed by atoms with van der Waals surface area (Å²) in [6.07, 6.45) is 3.59. The fourth-order valence-electron chi connectivity index (χ4n) is 1.60. The van der Waals surface area contributed by atoms with Gasteiger partial charge in [-0.3, -0.25) is 5.73 Å². The maximum atomic E-state index is 6.19. The van der Waals surface area contributed by atoms with Gasteiger partial charge in [0.05, 0.1) is 0 Å². The first kappa shape index (κ1) is 15.7. The van der Waals surface area contributed by atoms with Crippen molar-refractivity contribution in [3.8, 4) is 5.75 Å². The van der Waals surface area contributed by atoms with Crippen LogP contribution in [0.25, 0.3) is 0 Å². The van der Waals surface area contributed by atoms with Gasteiger partial charge in [0.15, 0.2) is 0 Å². The number of benzene rings is 1. The summed E-state index contributed by atoms with van der Waals surface area (Å²) in [6, 6.07) is 8.13. The van der Waals surface area contributed by atoms with Crippen molar-refractivity contribution < 1.29 is 4.74 Å². The molecule has 4 N–H and O–H groups in total. The molecule has 1 rings (SSSR count). The van der Waals surface area contributed by atoms with E-state index in [1.807, 2.05) is 38.3 Å². The molecule has 0 aliphatic rings. The van der Waals surface area contributed by atoms with Crippen molar-refractivity contribution in [3.05, 3.63) is 29.8 Å². The lowest BCUT2D eigenvalue weighted by Crippen LogP contribution is -2.40. The largest absolute Gasteiger partial charge is 0.463 e. The Labute approximate surface area is 117 Å². The summed E-state index contributed by atoms with van der Waals surface area (Å²) in [5.41, 5.74) is 13.2. The van der Waals surface area contributed by atoms with Gasteiger partial charge in [0, 0.05) is 12.5 Å². The Morgan fingerprint density at radius 1 is 1.44 bits per heavy atom. The Bertz CT molecular complexity index is 374. The highest BCUT2D eigenvalue weighted by Crippen LogP contribution is 2.34. The summed E-state index contributed by atoms with van der Waals surface area (Å²) in [4.78, 5) is 0. The lowest BCUT2D eigenvalue weighted by atomic mass is 10.1. The maximum absolute atomic E-state index is 6.19. The summed E-state index contributed by atoms with van der Waals surface area (Å²) < 4.78 is 5.89. The van der Waals surface area contributed by atoms with E-state index in [4.69, 9.17) is 16.2 Å². The van der Waals surface area contributed by atoms with Crippen molar-refractivity contribution in [1.82, 2.24) is 0 Å². The average molecular weight is 286 g/mol. The van der Waals surface area contributed by atoms with Gasteiger partial charge < -0.3 is 10.5 Å². The molecule has 0 spiro atoms. The zero-order valence-corrected chi connectivity index (χ0v) is 12.8. The highest BCUT2D eigenvalue weighted by molar-refractivity contribution is 8.76. The molecule has 2 unspecified atom stereocenters. The minimum absolute atomic E-state index is 0.148. The van der Waals surface area contributed by atoms with E-state index in [9.17, 15) is 0 Å². The van der Waals surface area contributed by atoms with Crippen LogP contribution in [-0.4, -0.2) is 17.4 Å². The molecule has 0 saturated carbocycles. The standard InChI is InChI=1S/C13H22N2OS2/c1-4-13(15,18-17-3)16-12-7-5-6-11(9-12)8-10(2)14/h5-7,9-10H,4,8,14-15H2,1-3H3. The third-order valence-corrected chi connectivity index (χ3v) is 4.63. The van der Waals surface area contributed by atoms with Gasteiger partial charge in [-0.15, -0.1) is 0 Å². The molecule has 0 amide bonds. The van der Waals surface area contributed by atoms with Gasteiger partial charge in [-0.2, -0.15) is 0 Å². The van der Waals surface area contributed by atoms with Gasteiger partial charge in [-0.1, -0.05) is 29.9 Å². The van der Waals surface area contributed by atoms with Crippen molar-refractivity contribution in [2.24, 2.45) is 11.5 Å². The summed E-state index contributed by atoms with van der Waals surface area (Å²) >= 11 is 0. The molecule has 0 bridgehead atoms. The third kappa shape index (κ3) is 5.10. The third-order valence-electron chi connectivity index (χ3n) is 2.46.